The lowest BCUT2D eigenvalue weighted by Gasteiger charge is -2.25. The number of piperidine rings is 1. The molecule has 1 aliphatic heterocycles. The van der Waals surface area contributed by atoms with Crippen LogP contribution in [0.1, 0.15) is 24.8 Å². The van der Waals surface area contributed by atoms with E-state index in [9.17, 15) is 14.4 Å². The van der Waals surface area contributed by atoms with Gasteiger partial charge in [-0.1, -0.05) is 30.3 Å². The quantitative estimate of drug-likeness (QED) is 0.767. The molecule has 1 heterocycles. The second kappa shape index (κ2) is 8.90. The maximum Gasteiger partial charge on any atom is 0.408 e. The second-order valence-electron chi connectivity index (χ2n) is 5.65. The van der Waals surface area contributed by atoms with E-state index in [1.54, 1.807) is 0 Å². The predicted molar refractivity (Wildman–Crippen MR) is 85.9 cm³/mol. The first kappa shape index (κ1) is 17.8. The fourth-order valence-electron chi connectivity index (χ4n) is 2.61. The van der Waals surface area contributed by atoms with Crippen LogP contribution >= 0.6 is 0 Å². The van der Waals surface area contributed by atoms with Gasteiger partial charge < -0.3 is 20.1 Å². The van der Waals surface area contributed by atoms with Gasteiger partial charge in [-0.15, -0.1) is 0 Å². The number of methoxy groups -OCH3 is 1. The maximum absolute atomic E-state index is 11.9. The molecule has 0 aliphatic carbocycles. The van der Waals surface area contributed by atoms with Crippen LogP contribution in [0.4, 0.5) is 4.79 Å². The van der Waals surface area contributed by atoms with E-state index in [-0.39, 0.29) is 24.9 Å². The summed E-state index contributed by atoms with van der Waals surface area (Å²) in [6.07, 6.45) is 1.01. The smallest absolute Gasteiger partial charge is 0.408 e. The van der Waals surface area contributed by atoms with Crippen molar-refractivity contribution in [3.63, 3.8) is 0 Å². The molecule has 1 aliphatic rings. The number of rotatable bonds is 6. The number of hydrogen-bond acceptors (Lipinski definition) is 5. The zero-order chi connectivity index (χ0) is 17.4. The van der Waals surface area contributed by atoms with Gasteiger partial charge in [-0.05, 0) is 24.8 Å². The number of benzene rings is 1. The zero-order valence-electron chi connectivity index (χ0n) is 13.6. The van der Waals surface area contributed by atoms with Gasteiger partial charge in [0.05, 0.1) is 7.11 Å². The first-order valence-corrected chi connectivity index (χ1v) is 7.93. The predicted octanol–water partition coefficient (Wildman–Crippen LogP) is 1.37. The number of nitrogens with one attached hydrogen (secondary N) is 2. The third-order valence-corrected chi connectivity index (χ3v) is 3.91. The van der Waals surface area contributed by atoms with Gasteiger partial charge in [-0.2, -0.15) is 0 Å². The molecule has 0 aromatic heterocycles. The molecule has 2 atom stereocenters. The van der Waals surface area contributed by atoms with Crippen LogP contribution in [0, 0.1) is 5.92 Å². The van der Waals surface area contributed by atoms with Gasteiger partial charge in [0.15, 0.2) is 0 Å². The van der Waals surface area contributed by atoms with Crippen molar-refractivity contribution in [2.24, 2.45) is 5.92 Å². The minimum Gasteiger partial charge on any atom is -0.467 e. The molecule has 2 amide bonds. The number of alkyl carbamates (subject to hydrolysis) is 1. The zero-order valence-corrected chi connectivity index (χ0v) is 13.6. The summed E-state index contributed by atoms with van der Waals surface area (Å²) >= 11 is 0. The van der Waals surface area contributed by atoms with E-state index in [1.807, 2.05) is 30.3 Å². The van der Waals surface area contributed by atoms with Crippen LogP contribution in [0.3, 0.4) is 0 Å². The maximum atomic E-state index is 11.9. The monoisotopic (exact) mass is 334 g/mol. The molecule has 2 rings (SSSR count). The van der Waals surface area contributed by atoms with Gasteiger partial charge in [0, 0.05) is 12.5 Å². The summed E-state index contributed by atoms with van der Waals surface area (Å²) in [5, 5.41) is 5.25. The number of amides is 2. The Bertz CT molecular complexity index is 576. The molecule has 0 radical (unpaired) electrons. The first-order valence-electron chi connectivity index (χ1n) is 7.93. The fraction of sp³-hybridized carbons (Fsp3) is 0.471. The molecule has 130 valence electrons. The molecule has 1 saturated heterocycles. The van der Waals surface area contributed by atoms with E-state index in [0.717, 1.165) is 12.0 Å². The molecular weight excluding hydrogens is 312 g/mol. The van der Waals surface area contributed by atoms with Crippen molar-refractivity contribution in [1.29, 1.82) is 0 Å². The van der Waals surface area contributed by atoms with Crippen molar-refractivity contribution in [2.75, 3.05) is 13.7 Å². The average molecular weight is 334 g/mol. The Morgan fingerprint density at radius 3 is 2.75 bits per heavy atom. The number of esters is 1. The molecule has 0 unspecified atom stereocenters. The van der Waals surface area contributed by atoms with Crippen LogP contribution in [0.15, 0.2) is 30.3 Å². The standard InChI is InChI=1S/C17H22N2O5/c1-23-16(21)14(10-13-8-5-9-18-15(13)20)19-17(22)24-11-12-6-3-2-4-7-12/h2-4,6-7,13-14H,5,8-11H2,1H3,(H,18,20)(H,19,22)/t13-,14-/m0/s1. The summed E-state index contributed by atoms with van der Waals surface area (Å²) in [5.41, 5.74) is 0.842. The summed E-state index contributed by atoms with van der Waals surface area (Å²) in [6, 6.07) is 8.30. The van der Waals surface area contributed by atoms with E-state index in [1.165, 1.54) is 7.11 Å². The van der Waals surface area contributed by atoms with Gasteiger partial charge in [-0.25, -0.2) is 9.59 Å². The van der Waals surface area contributed by atoms with E-state index in [2.05, 4.69) is 10.6 Å². The first-order chi connectivity index (χ1) is 11.6. The van der Waals surface area contributed by atoms with Gasteiger partial charge >= 0.3 is 12.1 Å². The third-order valence-electron chi connectivity index (χ3n) is 3.91. The normalized spacial score (nSPS) is 18.2. The molecular formula is C17H22N2O5. The lowest BCUT2D eigenvalue weighted by Crippen LogP contribution is -2.46. The molecule has 0 bridgehead atoms. The topological polar surface area (TPSA) is 93.7 Å². The Morgan fingerprint density at radius 1 is 1.33 bits per heavy atom. The largest absolute Gasteiger partial charge is 0.467 e. The van der Waals surface area contributed by atoms with Crippen LogP contribution in [-0.4, -0.2) is 37.7 Å². The Kier molecular flexibility index (Phi) is 6.60. The molecule has 0 spiro atoms. The summed E-state index contributed by atoms with van der Waals surface area (Å²) < 4.78 is 9.82. The van der Waals surface area contributed by atoms with Gasteiger partial charge in [0.1, 0.15) is 12.6 Å². The number of carbonyl (C=O) groups is 3. The van der Waals surface area contributed by atoms with Crippen molar-refractivity contribution < 1.29 is 23.9 Å². The summed E-state index contributed by atoms with van der Waals surface area (Å²) in [6.45, 7) is 0.745. The molecule has 1 aromatic carbocycles. The Morgan fingerprint density at radius 2 is 2.08 bits per heavy atom. The molecule has 0 saturated carbocycles. The van der Waals surface area contributed by atoms with E-state index in [4.69, 9.17) is 9.47 Å². The minimum atomic E-state index is -0.910. The van der Waals surface area contributed by atoms with Crippen LogP contribution in [-0.2, 0) is 25.7 Å². The Hall–Kier alpha value is -2.57. The lowest BCUT2D eigenvalue weighted by molar-refractivity contribution is -0.143. The highest BCUT2D eigenvalue weighted by molar-refractivity contribution is 5.84. The SMILES string of the molecule is COC(=O)[C@H](C[C@@H]1CCCNC1=O)NC(=O)OCc1ccccc1. The molecule has 1 fully saturated rings. The lowest BCUT2D eigenvalue weighted by atomic mass is 9.91. The Labute approximate surface area is 140 Å². The summed E-state index contributed by atoms with van der Waals surface area (Å²) in [4.78, 5) is 35.6. The number of hydrogen-bond donors (Lipinski definition) is 2. The fourth-order valence-corrected chi connectivity index (χ4v) is 2.61. The molecule has 24 heavy (non-hydrogen) atoms. The van der Waals surface area contributed by atoms with Crippen LogP contribution in [0.5, 0.6) is 0 Å². The van der Waals surface area contributed by atoms with Gasteiger partial charge in [-0.3, -0.25) is 4.79 Å². The van der Waals surface area contributed by atoms with Crippen molar-refractivity contribution >= 4 is 18.0 Å². The Balaban J connectivity index is 1.89. The molecule has 7 nitrogen and oxygen atoms in total. The summed E-state index contributed by atoms with van der Waals surface area (Å²) in [7, 11) is 1.24. The van der Waals surface area contributed by atoms with Gasteiger partial charge in [0.25, 0.3) is 0 Å². The van der Waals surface area contributed by atoms with Crippen molar-refractivity contribution in [1.82, 2.24) is 10.6 Å². The van der Waals surface area contributed by atoms with Crippen LogP contribution in [0.2, 0.25) is 0 Å². The van der Waals surface area contributed by atoms with Crippen LogP contribution in [0.25, 0.3) is 0 Å². The molecule has 7 heteroatoms. The van der Waals surface area contributed by atoms with Gasteiger partial charge in [0.2, 0.25) is 5.91 Å². The highest BCUT2D eigenvalue weighted by Gasteiger charge is 2.31. The minimum absolute atomic E-state index is 0.102. The average Bonchev–Trinajstić information content (AvgIpc) is 2.61. The second-order valence-corrected chi connectivity index (χ2v) is 5.65. The van der Waals surface area contributed by atoms with Crippen molar-refractivity contribution in [3.8, 4) is 0 Å². The van der Waals surface area contributed by atoms with Crippen LogP contribution < -0.4 is 10.6 Å². The van der Waals surface area contributed by atoms with E-state index < -0.39 is 18.1 Å². The summed E-state index contributed by atoms with van der Waals surface area (Å²) in [5.74, 6) is -1.02. The van der Waals surface area contributed by atoms with E-state index >= 15 is 0 Å². The number of carbonyl (C=O) groups excluding carboxylic acids is 3. The highest BCUT2D eigenvalue weighted by Crippen LogP contribution is 2.18. The van der Waals surface area contributed by atoms with Crippen molar-refractivity contribution in [3.05, 3.63) is 35.9 Å². The van der Waals surface area contributed by atoms with E-state index in [0.29, 0.717) is 13.0 Å². The molecule has 2 N–H and O–H groups in total. The van der Waals surface area contributed by atoms with Crippen molar-refractivity contribution in [2.45, 2.75) is 31.9 Å². The highest BCUT2D eigenvalue weighted by atomic mass is 16.6. The third kappa shape index (κ3) is 5.26. The number of ether oxygens (including phenoxy) is 2. The molecule has 1 aromatic rings.